The monoisotopic (exact) mass is 415 g/mol. The standard InChI is InChI=1S/C24H38N4O2/c1-3-27(4-2)17-14-25-24(30)21-18-20(26-23(29)19-10-6-7-11-19)12-13-22(21)28-15-8-5-9-16-28/h12-13,18-19H,3-11,14-17H2,1-2H3,(H,25,30)(H,26,29)/p+1. The molecule has 1 aromatic carbocycles. The maximum Gasteiger partial charge on any atom is 0.253 e. The zero-order valence-corrected chi connectivity index (χ0v) is 18.8. The summed E-state index contributed by atoms with van der Waals surface area (Å²) in [6.07, 6.45) is 7.78. The number of nitrogens with zero attached hydrogens (tertiary/aromatic N) is 1. The first-order chi connectivity index (χ1) is 14.6. The molecule has 2 fully saturated rings. The van der Waals surface area contributed by atoms with E-state index in [9.17, 15) is 9.59 Å². The molecule has 166 valence electrons. The van der Waals surface area contributed by atoms with E-state index in [1.54, 1.807) is 0 Å². The van der Waals surface area contributed by atoms with Gasteiger partial charge in [-0.25, -0.2) is 0 Å². The zero-order valence-electron chi connectivity index (χ0n) is 18.8. The third-order valence-electron chi connectivity index (χ3n) is 6.70. The van der Waals surface area contributed by atoms with Crippen molar-refractivity contribution in [3.8, 4) is 0 Å². The molecule has 6 nitrogen and oxygen atoms in total. The van der Waals surface area contributed by atoms with Crippen LogP contribution in [0.15, 0.2) is 18.2 Å². The van der Waals surface area contributed by atoms with Crippen molar-refractivity contribution in [2.75, 3.05) is 49.5 Å². The van der Waals surface area contributed by atoms with Crippen LogP contribution in [0.1, 0.15) is 69.2 Å². The molecule has 6 heteroatoms. The average molecular weight is 416 g/mol. The number of likely N-dealkylation sites (N-methyl/N-ethyl adjacent to an activating group) is 1. The summed E-state index contributed by atoms with van der Waals surface area (Å²) in [5.41, 5.74) is 2.39. The molecule has 1 aliphatic carbocycles. The molecular weight excluding hydrogens is 376 g/mol. The van der Waals surface area contributed by atoms with Crippen molar-refractivity contribution in [3.05, 3.63) is 23.8 Å². The number of benzene rings is 1. The lowest BCUT2D eigenvalue weighted by atomic mass is 10.0. The molecular formula is C24H39N4O2+. The van der Waals surface area contributed by atoms with Gasteiger partial charge < -0.3 is 20.4 Å². The first-order valence-corrected chi connectivity index (χ1v) is 11.9. The molecule has 3 rings (SSSR count). The van der Waals surface area contributed by atoms with E-state index in [0.29, 0.717) is 12.1 Å². The van der Waals surface area contributed by atoms with Crippen molar-refractivity contribution >= 4 is 23.2 Å². The highest BCUT2D eigenvalue weighted by atomic mass is 16.2. The number of anilines is 2. The highest BCUT2D eigenvalue weighted by Crippen LogP contribution is 2.29. The van der Waals surface area contributed by atoms with Crippen LogP contribution in [0, 0.1) is 5.92 Å². The third-order valence-corrected chi connectivity index (χ3v) is 6.70. The lowest BCUT2D eigenvalue weighted by Crippen LogP contribution is -3.12. The third kappa shape index (κ3) is 5.97. The first-order valence-electron chi connectivity index (χ1n) is 11.9. The normalized spacial score (nSPS) is 17.4. The number of piperidine rings is 1. The van der Waals surface area contributed by atoms with Gasteiger partial charge in [-0.15, -0.1) is 0 Å². The quantitative estimate of drug-likeness (QED) is 0.580. The number of hydrogen-bond acceptors (Lipinski definition) is 3. The number of carbonyl (C=O) groups excluding carboxylic acids is 2. The Hall–Kier alpha value is -2.08. The van der Waals surface area contributed by atoms with Gasteiger partial charge in [-0.3, -0.25) is 9.59 Å². The minimum Gasteiger partial charge on any atom is -0.371 e. The SMILES string of the molecule is CC[NH+](CC)CCNC(=O)c1cc(NC(=O)C2CCCC2)ccc1N1CCCCC1. The molecule has 0 bridgehead atoms. The summed E-state index contributed by atoms with van der Waals surface area (Å²) in [6.45, 7) is 10.0. The first kappa shape index (κ1) is 22.6. The van der Waals surface area contributed by atoms with Crippen LogP contribution in [-0.4, -0.2) is 51.1 Å². The van der Waals surface area contributed by atoms with E-state index < -0.39 is 0 Å². The molecule has 0 atom stereocenters. The highest BCUT2D eigenvalue weighted by molar-refractivity contribution is 6.02. The van der Waals surface area contributed by atoms with Gasteiger partial charge in [-0.05, 0) is 64.2 Å². The van der Waals surface area contributed by atoms with E-state index in [0.717, 1.165) is 82.6 Å². The number of carbonyl (C=O) groups is 2. The zero-order chi connectivity index (χ0) is 21.3. The van der Waals surface area contributed by atoms with E-state index in [1.807, 2.05) is 18.2 Å². The average Bonchev–Trinajstić information content (AvgIpc) is 3.32. The van der Waals surface area contributed by atoms with Gasteiger partial charge in [0.2, 0.25) is 5.91 Å². The Morgan fingerprint density at radius 2 is 1.73 bits per heavy atom. The van der Waals surface area contributed by atoms with E-state index in [2.05, 4.69) is 29.4 Å². The molecule has 1 saturated heterocycles. The van der Waals surface area contributed by atoms with Gasteiger partial charge in [0.1, 0.15) is 0 Å². The smallest absolute Gasteiger partial charge is 0.253 e. The largest absolute Gasteiger partial charge is 0.371 e. The van der Waals surface area contributed by atoms with Gasteiger partial charge in [-0.1, -0.05) is 12.8 Å². The summed E-state index contributed by atoms with van der Waals surface area (Å²) < 4.78 is 0. The number of hydrogen-bond donors (Lipinski definition) is 3. The van der Waals surface area contributed by atoms with Gasteiger partial charge in [0.15, 0.2) is 0 Å². The van der Waals surface area contributed by atoms with Crippen molar-refractivity contribution in [1.29, 1.82) is 0 Å². The van der Waals surface area contributed by atoms with Crippen LogP contribution < -0.4 is 20.4 Å². The van der Waals surface area contributed by atoms with E-state index in [-0.39, 0.29) is 17.7 Å². The Balaban J connectivity index is 1.73. The molecule has 1 aliphatic heterocycles. The molecule has 1 aromatic rings. The lowest BCUT2D eigenvalue weighted by molar-refractivity contribution is -0.895. The van der Waals surface area contributed by atoms with Crippen LogP contribution in [0.2, 0.25) is 0 Å². The van der Waals surface area contributed by atoms with Crippen LogP contribution in [0.3, 0.4) is 0 Å². The Morgan fingerprint density at radius 1 is 1.03 bits per heavy atom. The summed E-state index contributed by atoms with van der Waals surface area (Å²) in [4.78, 5) is 29.5. The Labute approximate surface area is 181 Å². The van der Waals surface area contributed by atoms with Crippen molar-refractivity contribution < 1.29 is 14.5 Å². The van der Waals surface area contributed by atoms with Crippen molar-refractivity contribution in [2.24, 2.45) is 5.92 Å². The molecule has 0 radical (unpaired) electrons. The minimum absolute atomic E-state index is 0.0425. The van der Waals surface area contributed by atoms with Crippen molar-refractivity contribution in [3.63, 3.8) is 0 Å². The van der Waals surface area contributed by atoms with E-state index >= 15 is 0 Å². The fourth-order valence-corrected chi connectivity index (χ4v) is 4.69. The van der Waals surface area contributed by atoms with Crippen LogP contribution >= 0.6 is 0 Å². The van der Waals surface area contributed by atoms with Crippen LogP contribution in [0.25, 0.3) is 0 Å². The number of amides is 2. The van der Waals surface area contributed by atoms with Gasteiger partial charge in [0, 0.05) is 30.4 Å². The number of nitrogens with one attached hydrogen (secondary N) is 3. The molecule has 30 heavy (non-hydrogen) atoms. The molecule has 0 spiro atoms. The van der Waals surface area contributed by atoms with Crippen LogP contribution in [0.5, 0.6) is 0 Å². The maximum absolute atomic E-state index is 13.1. The predicted molar refractivity (Wildman–Crippen MR) is 122 cm³/mol. The van der Waals surface area contributed by atoms with Crippen LogP contribution in [-0.2, 0) is 4.79 Å². The molecule has 2 amide bonds. The number of rotatable bonds is 9. The Morgan fingerprint density at radius 3 is 2.40 bits per heavy atom. The molecule has 1 heterocycles. The molecule has 0 aromatic heterocycles. The highest BCUT2D eigenvalue weighted by Gasteiger charge is 2.24. The maximum atomic E-state index is 13.1. The fraction of sp³-hybridized carbons (Fsp3) is 0.667. The minimum atomic E-state index is -0.0425. The van der Waals surface area contributed by atoms with Gasteiger partial charge in [-0.2, -0.15) is 0 Å². The summed E-state index contributed by atoms with van der Waals surface area (Å²) in [6, 6.07) is 5.84. The van der Waals surface area contributed by atoms with Gasteiger partial charge in [0.05, 0.1) is 31.7 Å². The molecule has 1 saturated carbocycles. The van der Waals surface area contributed by atoms with Crippen molar-refractivity contribution in [2.45, 2.75) is 58.8 Å². The second kappa shape index (κ2) is 11.3. The Kier molecular flexibility index (Phi) is 8.55. The van der Waals surface area contributed by atoms with Gasteiger partial charge in [0.25, 0.3) is 5.91 Å². The second-order valence-corrected chi connectivity index (χ2v) is 8.71. The molecule has 0 unspecified atom stereocenters. The summed E-state index contributed by atoms with van der Waals surface area (Å²) in [5, 5.41) is 6.17. The second-order valence-electron chi connectivity index (χ2n) is 8.71. The fourth-order valence-electron chi connectivity index (χ4n) is 4.69. The Bertz CT molecular complexity index is 705. The van der Waals surface area contributed by atoms with E-state index in [1.165, 1.54) is 11.3 Å². The molecule has 3 N–H and O–H groups in total. The predicted octanol–water partition coefficient (Wildman–Crippen LogP) is 2.46. The van der Waals surface area contributed by atoms with Crippen LogP contribution in [0.4, 0.5) is 11.4 Å². The summed E-state index contributed by atoms with van der Waals surface area (Å²) in [5.74, 6) is 0.162. The summed E-state index contributed by atoms with van der Waals surface area (Å²) in [7, 11) is 0. The molecule has 2 aliphatic rings. The lowest BCUT2D eigenvalue weighted by Gasteiger charge is -2.30. The van der Waals surface area contributed by atoms with E-state index in [4.69, 9.17) is 0 Å². The topological polar surface area (TPSA) is 65.9 Å². The van der Waals surface area contributed by atoms with Gasteiger partial charge >= 0.3 is 0 Å². The van der Waals surface area contributed by atoms with Crippen molar-refractivity contribution in [1.82, 2.24) is 5.32 Å². The summed E-state index contributed by atoms with van der Waals surface area (Å²) >= 11 is 0. The number of quaternary nitrogens is 1.